The van der Waals surface area contributed by atoms with Crippen molar-refractivity contribution >= 4 is 10.8 Å². The minimum Gasteiger partial charge on any atom is -0.368 e. The van der Waals surface area contributed by atoms with Crippen LogP contribution in [-0.2, 0) is 15.5 Å². The number of hydrogen-bond acceptors (Lipinski definition) is 4. The topological polar surface area (TPSA) is 55.6 Å². The molecule has 0 saturated carbocycles. The van der Waals surface area contributed by atoms with Crippen molar-refractivity contribution in [2.75, 3.05) is 31.1 Å². The number of ether oxygens (including phenoxy) is 1. The number of hydrogen-bond donors (Lipinski definition) is 1. The molecule has 2 rings (SSSR count). The van der Waals surface area contributed by atoms with Gasteiger partial charge in [-0.2, -0.15) is 0 Å². The third-order valence-electron chi connectivity index (χ3n) is 4.38. The van der Waals surface area contributed by atoms with Crippen molar-refractivity contribution < 1.29 is 8.95 Å². The van der Waals surface area contributed by atoms with Crippen molar-refractivity contribution in [3.05, 3.63) is 0 Å². The van der Waals surface area contributed by atoms with Gasteiger partial charge >= 0.3 is 0 Å². The third-order valence-corrected chi connectivity index (χ3v) is 5.66. The van der Waals surface area contributed by atoms with E-state index in [1.807, 2.05) is 0 Å². The maximum absolute atomic E-state index is 11.4. The van der Waals surface area contributed by atoms with Crippen molar-refractivity contribution in [3.8, 4) is 0 Å². The van der Waals surface area contributed by atoms with Crippen LogP contribution in [0, 0.1) is 5.92 Å². The van der Waals surface area contributed by atoms with Crippen LogP contribution < -0.4 is 5.73 Å². The van der Waals surface area contributed by atoms with E-state index in [4.69, 9.17) is 10.5 Å². The van der Waals surface area contributed by atoms with Gasteiger partial charge in [0.2, 0.25) is 0 Å². The average molecular weight is 274 g/mol. The SMILES string of the molecule is CC1(C)OC(C)(C)C(CN2CCS(=O)CC2)C1N. The summed E-state index contributed by atoms with van der Waals surface area (Å²) >= 11 is 0. The highest BCUT2D eigenvalue weighted by Gasteiger charge is 2.52. The van der Waals surface area contributed by atoms with Crippen LogP contribution in [0.5, 0.6) is 0 Å². The molecule has 0 spiro atoms. The Hall–Kier alpha value is 0.0300. The van der Waals surface area contributed by atoms with Gasteiger partial charge in [-0.25, -0.2) is 0 Å². The Bertz CT molecular complexity index is 334. The molecule has 2 unspecified atom stereocenters. The average Bonchev–Trinajstić information content (AvgIpc) is 2.39. The van der Waals surface area contributed by atoms with Crippen LogP contribution in [0.3, 0.4) is 0 Å². The number of nitrogens with zero attached hydrogens (tertiary/aromatic N) is 1. The fourth-order valence-electron chi connectivity index (χ4n) is 3.21. The lowest BCUT2D eigenvalue weighted by Gasteiger charge is -2.34. The van der Waals surface area contributed by atoms with E-state index < -0.39 is 10.8 Å². The van der Waals surface area contributed by atoms with Gasteiger partial charge in [0.25, 0.3) is 0 Å². The molecule has 106 valence electrons. The zero-order valence-electron chi connectivity index (χ0n) is 11.9. The van der Waals surface area contributed by atoms with Crippen LogP contribution in [0.2, 0.25) is 0 Å². The van der Waals surface area contributed by atoms with Crippen LogP contribution in [0.25, 0.3) is 0 Å². The molecular formula is C13H26N2O2S. The van der Waals surface area contributed by atoms with Crippen LogP contribution >= 0.6 is 0 Å². The molecule has 0 aromatic heterocycles. The van der Waals surface area contributed by atoms with E-state index in [-0.39, 0.29) is 17.2 Å². The Labute approximate surface area is 113 Å². The van der Waals surface area contributed by atoms with Crippen molar-refractivity contribution in [1.29, 1.82) is 0 Å². The van der Waals surface area contributed by atoms with E-state index in [1.54, 1.807) is 0 Å². The first kappa shape index (κ1) is 14.4. The van der Waals surface area contributed by atoms with Crippen molar-refractivity contribution in [3.63, 3.8) is 0 Å². The predicted molar refractivity (Wildman–Crippen MR) is 75.0 cm³/mol. The Morgan fingerprint density at radius 2 is 1.78 bits per heavy atom. The van der Waals surface area contributed by atoms with E-state index in [2.05, 4.69) is 32.6 Å². The summed E-state index contributed by atoms with van der Waals surface area (Å²) < 4.78 is 17.5. The molecular weight excluding hydrogens is 248 g/mol. The molecule has 2 saturated heterocycles. The van der Waals surface area contributed by atoms with E-state index in [1.165, 1.54) is 0 Å². The molecule has 2 heterocycles. The smallest absolute Gasteiger partial charge is 0.0788 e. The maximum Gasteiger partial charge on any atom is 0.0788 e. The van der Waals surface area contributed by atoms with Crippen LogP contribution in [0.4, 0.5) is 0 Å². The largest absolute Gasteiger partial charge is 0.368 e. The number of rotatable bonds is 2. The maximum atomic E-state index is 11.4. The van der Waals surface area contributed by atoms with Crippen molar-refractivity contribution in [2.24, 2.45) is 11.7 Å². The molecule has 2 atom stereocenters. The molecule has 0 bridgehead atoms. The second kappa shape index (κ2) is 4.85. The van der Waals surface area contributed by atoms with Crippen LogP contribution in [0.1, 0.15) is 27.7 Å². The lowest BCUT2D eigenvalue weighted by Crippen LogP contribution is -2.50. The summed E-state index contributed by atoms with van der Waals surface area (Å²) in [5, 5.41) is 0. The standard InChI is InChI=1S/C13H26N2O2S/c1-12(2)10(11(14)13(3,4)17-12)9-15-5-7-18(16)8-6-15/h10-11H,5-9,14H2,1-4H3. The minimum absolute atomic E-state index is 0.0555. The summed E-state index contributed by atoms with van der Waals surface area (Å²) in [4.78, 5) is 2.39. The van der Waals surface area contributed by atoms with Gasteiger partial charge in [0.1, 0.15) is 0 Å². The summed E-state index contributed by atoms with van der Waals surface area (Å²) in [6.45, 7) is 11.2. The fraction of sp³-hybridized carbons (Fsp3) is 1.00. The summed E-state index contributed by atoms with van der Waals surface area (Å²) in [6, 6.07) is 0.0555. The molecule has 0 aromatic carbocycles. The third kappa shape index (κ3) is 2.79. The first-order chi connectivity index (χ1) is 8.22. The van der Waals surface area contributed by atoms with Crippen molar-refractivity contribution in [1.82, 2.24) is 4.90 Å². The van der Waals surface area contributed by atoms with Gasteiger partial charge in [0, 0.05) is 53.9 Å². The summed E-state index contributed by atoms with van der Waals surface area (Å²) in [5.74, 6) is 1.93. The van der Waals surface area contributed by atoms with Gasteiger partial charge < -0.3 is 15.4 Å². The van der Waals surface area contributed by atoms with E-state index >= 15 is 0 Å². The highest BCUT2D eigenvalue weighted by molar-refractivity contribution is 7.85. The first-order valence-corrected chi connectivity index (χ1v) is 8.24. The molecule has 0 amide bonds. The molecule has 2 aliphatic heterocycles. The monoisotopic (exact) mass is 274 g/mol. The zero-order valence-corrected chi connectivity index (χ0v) is 12.8. The van der Waals surface area contributed by atoms with Gasteiger partial charge in [-0.1, -0.05) is 0 Å². The molecule has 18 heavy (non-hydrogen) atoms. The molecule has 0 aromatic rings. The summed E-state index contributed by atoms with van der Waals surface area (Å²) in [5.41, 5.74) is 5.93. The Morgan fingerprint density at radius 1 is 1.22 bits per heavy atom. The lowest BCUT2D eigenvalue weighted by molar-refractivity contribution is -0.0783. The van der Waals surface area contributed by atoms with Crippen LogP contribution in [0.15, 0.2) is 0 Å². The van der Waals surface area contributed by atoms with Gasteiger partial charge in [-0.15, -0.1) is 0 Å². The molecule has 2 N–H and O–H groups in total. The van der Waals surface area contributed by atoms with Crippen molar-refractivity contribution in [2.45, 2.75) is 44.9 Å². The number of nitrogens with two attached hydrogens (primary N) is 1. The molecule has 5 heteroatoms. The first-order valence-electron chi connectivity index (χ1n) is 6.75. The predicted octanol–water partition coefficient (Wildman–Crippen LogP) is 0.582. The molecule has 0 radical (unpaired) electrons. The second-order valence-corrected chi connectivity index (χ2v) is 8.29. The van der Waals surface area contributed by atoms with Crippen LogP contribution in [-0.4, -0.2) is 57.5 Å². The normalized spacial score (nSPS) is 36.9. The second-order valence-electron chi connectivity index (χ2n) is 6.59. The van der Waals surface area contributed by atoms with E-state index in [0.717, 1.165) is 31.1 Å². The summed E-state index contributed by atoms with van der Waals surface area (Å²) in [7, 11) is -0.611. The minimum atomic E-state index is -0.611. The highest BCUT2D eigenvalue weighted by atomic mass is 32.2. The zero-order chi connectivity index (χ0) is 13.6. The Kier molecular flexibility index (Phi) is 3.89. The van der Waals surface area contributed by atoms with E-state index in [0.29, 0.717) is 5.92 Å². The summed E-state index contributed by atoms with van der Waals surface area (Å²) in [6.07, 6.45) is 0. The Morgan fingerprint density at radius 3 is 2.22 bits per heavy atom. The molecule has 0 aliphatic carbocycles. The van der Waals surface area contributed by atoms with E-state index in [9.17, 15) is 4.21 Å². The molecule has 2 fully saturated rings. The quantitative estimate of drug-likeness (QED) is 0.800. The molecule has 4 nitrogen and oxygen atoms in total. The van der Waals surface area contributed by atoms with Gasteiger partial charge in [-0.05, 0) is 27.7 Å². The lowest BCUT2D eigenvalue weighted by atomic mass is 9.82. The molecule has 2 aliphatic rings. The Balaban J connectivity index is 2.02. The van der Waals surface area contributed by atoms with Gasteiger partial charge in [-0.3, -0.25) is 4.21 Å². The van der Waals surface area contributed by atoms with Gasteiger partial charge in [0.15, 0.2) is 0 Å². The fourth-order valence-corrected chi connectivity index (χ4v) is 4.34. The highest BCUT2D eigenvalue weighted by Crippen LogP contribution is 2.41. The van der Waals surface area contributed by atoms with Gasteiger partial charge in [0.05, 0.1) is 11.2 Å².